The van der Waals surface area contributed by atoms with Crippen molar-refractivity contribution in [1.29, 1.82) is 0 Å². The summed E-state index contributed by atoms with van der Waals surface area (Å²) in [6.45, 7) is 2.08. The number of nitrogens with one attached hydrogen (secondary N) is 2. The Morgan fingerprint density at radius 3 is 3.21 bits per heavy atom. The first-order valence-corrected chi connectivity index (χ1v) is 6.26. The summed E-state index contributed by atoms with van der Waals surface area (Å²) in [5, 5.41) is 5.93. The maximum absolute atomic E-state index is 11.8. The van der Waals surface area contributed by atoms with Gasteiger partial charge in [0.1, 0.15) is 5.15 Å². The van der Waals surface area contributed by atoms with Crippen LogP contribution < -0.4 is 15.4 Å². The van der Waals surface area contributed by atoms with Gasteiger partial charge < -0.3 is 14.8 Å². The number of carbonyl (C=O) groups is 1. The molecule has 1 amide bonds. The van der Waals surface area contributed by atoms with Gasteiger partial charge in [0, 0.05) is 19.2 Å². The van der Waals surface area contributed by atoms with Crippen LogP contribution in [0.2, 0.25) is 5.15 Å². The Morgan fingerprint density at radius 2 is 2.53 bits per heavy atom. The molecule has 1 unspecified atom stereocenters. The molecule has 0 spiro atoms. The van der Waals surface area contributed by atoms with E-state index in [4.69, 9.17) is 21.1 Å². The summed E-state index contributed by atoms with van der Waals surface area (Å²) in [6.07, 6.45) is 0.111. The molecule has 1 saturated heterocycles. The molecule has 8 heteroatoms. The fourth-order valence-corrected chi connectivity index (χ4v) is 1.86. The van der Waals surface area contributed by atoms with E-state index in [9.17, 15) is 4.79 Å². The SMILES string of the molecule is COc1cc(Cl)nc(NC(=O)CC2CNCCO2)n1. The van der Waals surface area contributed by atoms with E-state index < -0.39 is 0 Å². The van der Waals surface area contributed by atoms with Gasteiger partial charge in [-0.1, -0.05) is 11.6 Å². The third-order valence-corrected chi connectivity index (χ3v) is 2.74. The van der Waals surface area contributed by atoms with Crippen molar-refractivity contribution in [2.75, 3.05) is 32.1 Å². The van der Waals surface area contributed by atoms with Gasteiger partial charge >= 0.3 is 0 Å². The predicted molar refractivity (Wildman–Crippen MR) is 69.5 cm³/mol. The topological polar surface area (TPSA) is 85.4 Å². The lowest BCUT2D eigenvalue weighted by Gasteiger charge is -2.22. The maximum Gasteiger partial charge on any atom is 0.234 e. The molecule has 0 aromatic carbocycles. The zero-order chi connectivity index (χ0) is 13.7. The van der Waals surface area contributed by atoms with E-state index in [-0.39, 0.29) is 29.5 Å². The second-order valence-electron chi connectivity index (χ2n) is 4.01. The number of nitrogens with zero attached hydrogens (tertiary/aromatic N) is 2. The van der Waals surface area contributed by atoms with Crippen LogP contribution in [0.4, 0.5) is 5.95 Å². The average molecular weight is 287 g/mol. The smallest absolute Gasteiger partial charge is 0.234 e. The Hall–Kier alpha value is -1.44. The van der Waals surface area contributed by atoms with E-state index in [0.29, 0.717) is 19.0 Å². The summed E-state index contributed by atoms with van der Waals surface area (Å²) in [4.78, 5) is 19.7. The third-order valence-electron chi connectivity index (χ3n) is 2.55. The fraction of sp³-hybridized carbons (Fsp3) is 0.545. The van der Waals surface area contributed by atoms with Crippen LogP contribution in [0.5, 0.6) is 5.88 Å². The second kappa shape index (κ2) is 6.65. The molecule has 0 aliphatic carbocycles. The Morgan fingerprint density at radius 1 is 1.68 bits per heavy atom. The minimum atomic E-state index is -0.224. The molecular weight excluding hydrogens is 272 g/mol. The molecule has 1 aliphatic rings. The van der Waals surface area contributed by atoms with Crippen LogP contribution in [0.3, 0.4) is 0 Å². The molecule has 104 valence electrons. The zero-order valence-electron chi connectivity index (χ0n) is 10.5. The number of methoxy groups -OCH3 is 1. The maximum atomic E-state index is 11.8. The fourth-order valence-electron chi connectivity index (χ4n) is 1.69. The van der Waals surface area contributed by atoms with E-state index in [2.05, 4.69) is 20.6 Å². The van der Waals surface area contributed by atoms with Gasteiger partial charge in [-0.05, 0) is 0 Å². The first kappa shape index (κ1) is 14.0. The van der Waals surface area contributed by atoms with Crippen molar-refractivity contribution in [2.45, 2.75) is 12.5 Å². The highest BCUT2D eigenvalue weighted by atomic mass is 35.5. The third kappa shape index (κ3) is 4.30. The number of carbonyl (C=O) groups excluding carboxylic acids is 1. The predicted octanol–water partition coefficient (Wildman–Crippen LogP) is 0.456. The van der Waals surface area contributed by atoms with Crippen molar-refractivity contribution in [3.05, 3.63) is 11.2 Å². The summed E-state index contributed by atoms with van der Waals surface area (Å²) in [7, 11) is 1.46. The monoisotopic (exact) mass is 286 g/mol. The molecule has 1 aromatic heterocycles. The van der Waals surface area contributed by atoms with Gasteiger partial charge in [-0.15, -0.1) is 0 Å². The molecule has 7 nitrogen and oxygen atoms in total. The number of ether oxygens (including phenoxy) is 2. The lowest BCUT2D eigenvalue weighted by atomic mass is 10.2. The first-order chi connectivity index (χ1) is 9.17. The highest BCUT2D eigenvalue weighted by Gasteiger charge is 2.18. The minimum Gasteiger partial charge on any atom is -0.481 e. The van der Waals surface area contributed by atoms with Crippen LogP contribution in [-0.4, -0.2) is 48.8 Å². The van der Waals surface area contributed by atoms with Gasteiger partial charge in [-0.25, -0.2) is 4.98 Å². The van der Waals surface area contributed by atoms with Crippen molar-refractivity contribution < 1.29 is 14.3 Å². The Balaban J connectivity index is 1.92. The molecule has 0 saturated carbocycles. The first-order valence-electron chi connectivity index (χ1n) is 5.88. The van der Waals surface area contributed by atoms with Crippen molar-refractivity contribution in [3.8, 4) is 5.88 Å². The van der Waals surface area contributed by atoms with E-state index in [1.807, 2.05) is 0 Å². The quantitative estimate of drug-likeness (QED) is 0.782. The molecular formula is C11H15ClN4O3. The van der Waals surface area contributed by atoms with Gasteiger partial charge in [0.05, 0.1) is 26.2 Å². The number of anilines is 1. The lowest BCUT2D eigenvalue weighted by molar-refractivity contribution is -0.119. The number of rotatable bonds is 4. The van der Waals surface area contributed by atoms with Crippen LogP contribution in [0, 0.1) is 0 Å². The van der Waals surface area contributed by atoms with Crippen LogP contribution in [0.15, 0.2) is 6.07 Å². The van der Waals surface area contributed by atoms with Crippen molar-refractivity contribution in [1.82, 2.24) is 15.3 Å². The van der Waals surface area contributed by atoms with Gasteiger partial charge in [0.25, 0.3) is 0 Å². The number of morpholine rings is 1. The van der Waals surface area contributed by atoms with Crippen molar-refractivity contribution in [3.63, 3.8) is 0 Å². The minimum absolute atomic E-state index is 0.123. The van der Waals surface area contributed by atoms with Crippen LogP contribution in [0.25, 0.3) is 0 Å². The number of hydrogen-bond acceptors (Lipinski definition) is 6. The summed E-state index contributed by atoms with van der Waals surface area (Å²) in [5.41, 5.74) is 0. The highest BCUT2D eigenvalue weighted by molar-refractivity contribution is 6.29. The van der Waals surface area contributed by atoms with Gasteiger partial charge in [0.2, 0.25) is 17.7 Å². The number of hydrogen-bond donors (Lipinski definition) is 2. The molecule has 1 aliphatic heterocycles. The molecule has 19 heavy (non-hydrogen) atoms. The molecule has 2 heterocycles. The van der Waals surface area contributed by atoms with E-state index in [0.717, 1.165) is 6.54 Å². The summed E-state index contributed by atoms with van der Waals surface area (Å²) >= 11 is 5.79. The largest absolute Gasteiger partial charge is 0.481 e. The average Bonchev–Trinajstić information content (AvgIpc) is 2.38. The number of amides is 1. The Kier molecular flexibility index (Phi) is 4.89. The number of halogens is 1. The molecule has 0 radical (unpaired) electrons. The van der Waals surface area contributed by atoms with Crippen molar-refractivity contribution >= 4 is 23.5 Å². The molecule has 1 fully saturated rings. The number of aromatic nitrogens is 2. The summed E-state index contributed by atoms with van der Waals surface area (Å²) < 4.78 is 10.4. The zero-order valence-corrected chi connectivity index (χ0v) is 11.2. The normalized spacial score (nSPS) is 18.9. The van der Waals surface area contributed by atoms with Crippen LogP contribution in [-0.2, 0) is 9.53 Å². The molecule has 0 bridgehead atoms. The highest BCUT2D eigenvalue weighted by Crippen LogP contribution is 2.16. The Labute approximate surface area is 115 Å². The lowest BCUT2D eigenvalue weighted by Crippen LogP contribution is -2.40. The molecule has 1 aromatic rings. The molecule has 1 atom stereocenters. The standard InChI is InChI=1S/C11H15ClN4O3/c1-18-10-5-8(12)14-11(16-10)15-9(17)4-7-6-13-2-3-19-7/h5,7,13H,2-4,6H2,1H3,(H,14,15,16,17). The van der Waals surface area contributed by atoms with E-state index in [1.165, 1.54) is 13.2 Å². The van der Waals surface area contributed by atoms with Crippen LogP contribution in [0.1, 0.15) is 6.42 Å². The van der Waals surface area contributed by atoms with Crippen LogP contribution >= 0.6 is 11.6 Å². The second-order valence-corrected chi connectivity index (χ2v) is 4.39. The van der Waals surface area contributed by atoms with E-state index >= 15 is 0 Å². The molecule has 2 rings (SSSR count). The summed E-state index contributed by atoms with van der Waals surface area (Å²) in [6, 6.07) is 1.46. The van der Waals surface area contributed by atoms with Crippen molar-refractivity contribution in [2.24, 2.45) is 0 Å². The Bertz CT molecular complexity index is 452. The molecule has 2 N–H and O–H groups in total. The van der Waals surface area contributed by atoms with E-state index in [1.54, 1.807) is 0 Å². The van der Waals surface area contributed by atoms with Gasteiger partial charge in [-0.2, -0.15) is 4.98 Å². The summed E-state index contributed by atoms with van der Waals surface area (Å²) in [5.74, 6) is 0.196. The van der Waals surface area contributed by atoms with Gasteiger partial charge in [-0.3, -0.25) is 10.1 Å². The van der Waals surface area contributed by atoms with Gasteiger partial charge in [0.15, 0.2) is 0 Å².